The number of anilines is 1. The normalized spacial score (nSPS) is 14.7. The smallest absolute Gasteiger partial charge is 0.321 e. The number of nitrogens with one attached hydrogen (secondary N) is 1. The highest BCUT2D eigenvalue weighted by Gasteiger charge is 2.17. The van der Waals surface area contributed by atoms with Crippen LogP contribution in [0.15, 0.2) is 28.9 Å². The van der Waals surface area contributed by atoms with Gasteiger partial charge < -0.3 is 24.1 Å². The second-order valence-electron chi connectivity index (χ2n) is 5.20. The van der Waals surface area contributed by atoms with E-state index in [-0.39, 0.29) is 18.5 Å². The molecule has 1 aliphatic heterocycles. The van der Waals surface area contributed by atoms with Gasteiger partial charge in [0.05, 0.1) is 33.1 Å². The zero-order valence-corrected chi connectivity index (χ0v) is 13.8. The maximum absolute atomic E-state index is 11.9. The Balaban J connectivity index is 1.63. The quantitative estimate of drug-likeness (QED) is 0.761. The molecule has 0 radical (unpaired) electrons. The minimum atomic E-state index is -0.274. The van der Waals surface area contributed by atoms with Crippen LogP contribution in [0.2, 0.25) is 0 Å². The molecule has 25 heavy (non-hydrogen) atoms. The Morgan fingerprint density at radius 1 is 1.36 bits per heavy atom. The molecule has 1 fully saturated rings. The summed E-state index contributed by atoms with van der Waals surface area (Å²) in [5.74, 6) is 1.27. The fourth-order valence-electron chi connectivity index (χ4n) is 2.23. The monoisotopic (exact) mass is 345 g/mol. The van der Waals surface area contributed by atoms with Gasteiger partial charge in [0, 0.05) is 19.2 Å². The number of aromatic nitrogens is 3. The van der Waals surface area contributed by atoms with Gasteiger partial charge >= 0.3 is 6.01 Å². The lowest BCUT2D eigenvalue weighted by atomic mass is 10.4. The molecule has 0 spiro atoms. The lowest BCUT2D eigenvalue weighted by Crippen LogP contribution is -2.37. The summed E-state index contributed by atoms with van der Waals surface area (Å²) < 4.78 is 15.6. The first-order valence-corrected chi connectivity index (χ1v) is 7.85. The third-order valence-electron chi connectivity index (χ3n) is 3.49. The summed E-state index contributed by atoms with van der Waals surface area (Å²) in [6, 6.07) is 3.73. The number of hydrogen-bond acceptors (Lipinski definition) is 8. The molecule has 132 valence electrons. The lowest BCUT2D eigenvalue weighted by Gasteiger charge is -2.26. The minimum Gasteiger partial charge on any atom is -0.467 e. The van der Waals surface area contributed by atoms with Gasteiger partial charge in [-0.15, -0.1) is 0 Å². The van der Waals surface area contributed by atoms with Crippen LogP contribution in [-0.2, 0) is 16.1 Å². The molecule has 3 rings (SSSR count). The van der Waals surface area contributed by atoms with Crippen molar-refractivity contribution >= 4 is 17.9 Å². The summed E-state index contributed by atoms with van der Waals surface area (Å²) in [4.78, 5) is 26.7. The molecule has 1 saturated heterocycles. The Morgan fingerprint density at radius 3 is 2.92 bits per heavy atom. The number of amides is 1. The number of rotatable bonds is 6. The second-order valence-corrected chi connectivity index (χ2v) is 5.20. The summed E-state index contributed by atoms with van der Waals surface area (Å²) in [7, 11) is 1.49. The standard InChI is InChI=1S/C16H19N5O4/c1-23-16-19-13(18-15(20-16)21-6-9-24-10-7-21)11-17-14(22)5-4-12-3-2-8-25-12/h2-5,8H,6-7,9-11H2,1H3,(H,17,22)/b5-4+. The number of nitrogens with zero attached hydrogens (tertiary/aromatic N) is 4. The number of methoxy groups -OCH3 is 1. The highest BCUT2D eigenvalue weighted by atomic mass is 16.5. The molecular weight excluding hydrogens is 326 g/mol. The highest BCUT2D eigenvalue weighted by molar-refractivity contribution is 5.91. The van der Waals surface area contributed by atoms with Crippen molar-refractivity contribution in [1.29, 1.82) is 0 Å². The maximum Gasteiger partial charge on any atom is 0.321 e. The Kier molecular flexibility index (Phi) is 5.57. The van der Waals surface area contributed by atoms with E-state index in [1.165, 1.54) is 13.2 Å². The van der Waals surface area contributed by atoms with Crippen molar-refractivity contribution in [3.05, 3.63) is 36.1 Å². The molecule has 1 aliphatic rings. The van der Waals surface area contributed by atoms with Gasteiger partial charge in [-0.05, 0) is 18.2 Å². The Morgan fingerprint density at radius 2 is 2.20 bits per heavy atom. The van der Waals surface area contributed by atoms with Gasteiger partial charge in [0.2, 0.25) is 11.9 Å². The van der Waals surface area contributed by atoms with Gasteiger partial charge in [0.25, 0.3) is 0 Å². The van der Waals surface area contributed by atoms with Gasteiger partial charge in [-0.25, -0.2) is 0 Å². The second kappa shape index (κ2) is 8.25. The summed E-state index contributed by atoms with van der Waals surface area (Å²) in [6.07, 6.45) is 4.52. The molecule has 2 aromatic rings. The van der Waals surface area contributed by atoms with E-state index in [0.717, 1.165) is 0 Å². The number of hydrogen-bond donors (Lipinski definition) is 1. The van der Waals surface area contributed by atoms with Crippen LogP contribution in [0, 0.1) is 0 Å². The molecule has 0 unspecified atom stereocenters. The van der Waals surface area contributed by atoms with E-state index in [4.69, 9.17) is 13.9 Å². The predicted octanol–water partition coefficient (Wildman–Crippen LogP) is 0.639. The molecule has 2 aromatic heterocycles. The summed E-state index contributed by atoms with van der Waals surface area (Å²) in [5.41, 5.74) is 0. The van der Waals surface area contributed by atoms with Crippen LogP contribution in [0.4, 0.5) is 5.95 Å². The van der Waals surface area contributed by atoms with Crippen LogP contribution in [0.1, 0.15) is 11.6 Å². The predicted molar refractivity (Wildman–Crippen MR) is 89.0 cm³/mol. The molecule has 9 heteroatoms. The molecule has 0 aromatic carbocycles. The van der Waals surface area contributed by atoms with Crippen molar-refractivity contribution in [2.45, 2.75) is 6.54 Å². The molecule has 1 amide bonds. The van der Waals surface area contributed by atoms with Gasteiger partial charge in [-0.2, -0.15) is 15.0 Å². The van der Waals surface area contributed by atoms with E-state index in [9.17, 15) is 4.79 Å². The van der Waals surface area contributed by atoms with Gasteiger partial charge in [-0.1, -0.05) is 0 Å². The highest BCUT2D eigenvalue weighted by Crippen LogP contribution is 2.13. The first-order valence-electron chi connectivity index (χ1n) is 7.85. The molecular formula is C16H19N5O4. The van der Waals surface area contributed by atoms with Crippen LogP contribution >= 0.6 is 0 Å². The van der Waals surface area contributed by atoms with Gasteiger partial charge in [0.1, 0.15) is 5.76 Å². The third-order valence-corrected chi connectivity index (χ3v) is 3.49. The van der Waals surface area contributed by atoms with Crippen LogP contribution in [0.5, 0.6) is 6.01 Å². The zero-order chi connectivity index (χ0) is 17.5. The van der Waals surface area contributed by atoms with E-state index in [0.29, 0.717) is 43.8 Å². The molecule has 3 heterocycles. The average molecular weight is 345 g/mol. The SMILES string of the molecule is COc1nc(CNC(=O)/C=C/c2ccco2)nc(N2CCOCC2)n1. The Hall–Kier alpha value is -2.94. The fraction of sp³-hybridized carbons (Fsp3) is 0.375. The number of furan rings is 1. The fourth-order valence-corrected chi connectivity index (χ4v) is 2.23. The van der Waals surface area contributed by atoms with Gasteiger partial charge in [0.15, 0.2) is 5.82 Å². The molecule has 9 nitrogen and oxygen atoms in total. The van der Waals surface area contributed by atoms with E-state index in [2.05, 4.69) is 20.3 Å². The Bertz CT molecular complexity index is 726. The number of ether oxygens (including phenoxy) is 2. The topological polar surface area (TPSA) is 103 Å². The van der Waals surface area contributed by atoms with E-state index >= 15 is 0 Å². The van der Waals surface area contributed by atoms with Crippen LogP contribution in [0.3, 0.4) is 0 Å². The largest absolute Gasteiger partial charge is 0.467 e. The lowest BCUT2D eigenvalue weighted by molar-refractivity contribution is -0.116. The molecule has 1 N–H and O–H groups in total. The van der Waals surface area contributed by atoms with Crippen molar-refractivity contribution in [3.63, 3.8) is 0 Å². The van der Waals surface area contributed by atoms with Crippen molar-refractivity contribution < 1.29 is 18.7 Å². The van der Waals surface area contributed by atoms with E-state index in [1.54, 1.807) is 24.5 Å². The zero-order valence-electron chi connectivity index (χ0n) is 13.8. The minimum absolute atomic E-state index is 0.164. The van der Waals surface area contributed by atoms with Gasteiger partial charge in [-0.3, -0.25) is 4.79 Å². The number of carbonyl (C=O) groups is 1. The summed E-state index contributed by atoms with van der Waals surface area (Å²) in [5, 5.41) is 2.72. The van der Waals surface area contributed by atoms with Crippen LogP contribution in [0.25, 0.3) is 6.08 Å². The molecule has 0 saturated carbocycles. The maximum atomic E-state index is 11.9. The van der Waals surface area contributed by atoms with E-state index in [1.807, 2.05) is 4.90 Å². The summed E-state index contributed by atoms with van der Waals surface area (Å²) in [6.45, 7) is 2.81. The molecule has 0 aliphatic carbocycles. The van der Waals surface area contributed by atoms with E-state index < -0.39 is 0 Å². The van der Waals surface area contributed by atoms with Crippen molar-refractivity contribution in [2.75, 3.05) is 38.3 Å². The first-order chi connectivity index (χ1) is 12.2. The average Bonchev–Trinajstić information content (AvgIpc) is 3.19. The third kappa shape index (κ3) is 4.77. The van der Waals surface area contributed by atoms with Crippen LogP contribution in [-0.4, -0.2) is 54.3 Å². The Labute approximate surface area is 144 Å². The number of morpholine rings is 1. The molecule has 0 atom stereocenters. The van der Waals surface area contributed by atoms with Crippen molar-refractivity contribution in [2.24, 2.45) is 0 Å². The van der Waals surface area contributed by atoms with Crippen molar-refractivity contribution in [1.82, 2.24) is 20.3 Å². The summed E-state index contributed by atoms with van der Waals surface area (Å²) >= 11 is 0. The van der Waals surface area contributed by atoms with Crippen LogP contribution < -0.4 is 15.0 Å². The number of carbonyl (C=O) groups excluding carboxylic acids is 1. The first kappa shape index (κ1) is 16.9. The van der Waals surface area contributed by atoms with Crippen molar-refractivity contribution in [3.8, 4) is 6.01 Å². The molecule has 0 bridgehead atoms.